The summed E-state index contributed by atoms with van der Waals surface area (Å²) >= 11 is 0. The maximum Gasteiger partial charge on any atom is 4.00 e. The van der Waals surface area contributed by atoms with E-state index in [0.29, 0.717) is 0 Å². The number of allylic oxidation sites excluding steroid dienone is 1. The van der Waals surface area contributed by atoms with E-state index >= 15 is 0 Å². The zero-order chi connectivity index (χ0) is 15.7. The van der Waals surface area contributed by atoms with Crippen molar-refractivity contribution in [3.05, 3.63) is 86.3 Å². The van der Waals surface area contributed by atoms with E-state index in [4.69, 9.17) is 5.73 Å². The fourth-order valence-corrected chi connectivity index (χ4v) is 2.85. The van der Waals surface area contributed by atoms with Gasteiger partial charge in [0.25, 0.3) is 0 Å². The van der Waals surface area contributed by atoms with E-state index < -0.39 is 0 Å². The van der Waals surface area contributed by atoms with Crippen LogP contribution in [0.1, 0.15) is 31.9 Å². The van der Waals surface area contributed by atoms with Crippen LogP contribution in [0.3, 0.4) is 0 Å². The average molecular weight is 393 g/mol. The summed E-state index contributed by atoms with van der Waals surface area (Å²) < 4.78 is 0. The molecular formula is C23H27NSiTi. The van der Waals surface area contributed by atoms with Crippen LogP contribution in [0.15, 0.2) is 48.5 Å². The molecule has 0 bridgehead atoms. The predicted octanol–water partition coefficient (Wildman–Crippen LogP) is 6.72. The Bertz CT molecular complexity index is 857. The van der Waals surface area contributed by atoms with Crippen molar-refractivity contribution in [3.63, 3.8) is 0 Å². The normalized spacial score (nSPS) is 11.1. The zero-order valence-electron chi connectivity index (χ0n) is 16.4. The Morgan fingerprint density at radius 2 is 1.19 bits per heavy atom. The molecule has 4 radical (unpaired) electrons. The second-order valence-corrected chi connectivity index (χ2v) is 6.76. The quantitative estimate of drug-likeness (QED) is 0.230. The van der Waals surface area contributed by atoms with Gasteiger partial charge in [-0.3, -0.25) is 6.08 Å². The third kappa shape index (κ3) is 5.92. The van der Waals surface area contributed by atoms with Gasteiger partial charge in [-0.15, -0.1) is 17.5 Å². The molecule has 0 saturated heterocycles. The molecule has 1 aliphatic rings. The summed E-state index contributed by atoms with van der Waals surface area (Å²) in [4.78, 5) is 0. The third-order valence-corrected chi connectivity index (χ3v) is 3.61. The standard InChI is InChI=1S/C17H11.C4H10N.2CH3.Si.Ti/c1-3-8-14-12(6-1)13-7-2-4-9-15(13)17-11-5-10-16(14)17;1-4(2,3)5;;;;/h1-4,6-10H,11H2;5H,1-3H3;2*1H3;;/q4*-1;;+4. The fraction of sp³-hybridized carbons (Fsp3) is 0.217. The van der Waals surface area contributed by atoms with Gasteiger partial charge in [-0.05, 0) is 16.2 Å². The van der Waals surface area contributed by atoms with E-state index in [1.165, 1.54) is 32.7 Å². The first-order valence-corrected chi connectivity index (χ1v) is 7.69. The van der Waals surface area contributed by atoms with Crippen molar-refractivity contribution in [2.45, 2.75) is 32.7 Å². The van der Waals surface area contributed by atoms with Crippen LogP contribution in [0.5, 0.6) is 0 Å². The molecule has 132 valence electrons. The Morgan fingerprint density at radius 3 is 1.69 bits per heavy atom. The molecule has 1 aliphatic carbocycles. The van der Waals surface area contributed by atoms with Gasteiger partial charge in [-0.25, -0.2) is 6.08 Å². The summed E-state index contributed by atoms with van der Waals surface area (Å²) in [5.74, 6) is 0. The molecule has 0 spiro atoms. The van der Waals surface area contributed by atoms with E-state index in [1.807, 2.05) is 20.8 Å². The van der Waals surface area contributed by atoms with Crippen molar-refractivity contribution >= 4 is 38.6 Å². The van der Waals surface area contributed by atoms with E-state index in [-0.39, 0.29) is 53.1 Å². The smallest absolute Gasteiger partial charge is 0.673 e. The maximum atomic E-state index is 6.94. The zero-order valence-corrected chi connectivity index (χ0v) is 19.0. The summed E-state index contributed by atoms with van der Waals surface area (Å²) in [5, 5.41) is 5.44. The van der Waals surface area contributed by atoms with Crippen molar-refractivity contribution in [1.82, 2.24) is 0 Å². The SMILES string of the molecule is CC(C)(C)[NH-].[C-]1=Cc2c(c3ccccc3c3ccccc23)C1.[CH3-].[CH3-].[Si].[Ti+4]. The predicted molar refractivity (Wildman–Crippen MR) is 116 cm³/mol. The van der Waals surface area contributed by atoms with Crippen LogP contribution < -0.4 is 0 Å². The molecule has 0 fully saturated rings. The Balaban J connectivity index is 0. The van der Waals surface area contributed by atoms with Crippen molar-refractivity contribution in [3.8, 4) is 0 Å². The van der Waals surface area contributed by atoms with Gasteiger partial charge in [-0.1, -0.05) is 74.7 Å². The number of benzene rings is 3. The second kappa shape index (κ2) is 10.8. The van der Waals surface area contributed by atoms with Gasteiger partial charge < -0.3 is 20.6 Å². The van der Waals surface area contributed by atoms with E-state index in [0.717, 1.165) is 6.42 Å². The Labute approximate surface area is 179 Å². The van der Waals surface area contributed by atoms with Crippen LogP contribution in [-0.2, 0) is 28.1 Å². The van der Waals surface area contributed by atoms with Crippen molar-refractivity contribution in [2.75, 3.05) is 0 Å². The van der Waals surface area contributed by atoms with E-state index in [9.17, 15) is 0 Å². The molecule has 0 aliphatic heterocycles. The molecule has 3 aromatic carbocycles. The molecule has 0 heterocycles. The first kappa shape index (κ1) is 27.0. The van der Waals surface area contributed by atoms with Gasteiger partial charge in [0.2, 0.25) is 0 Å². The molecule has 0 amide bonds. The summed E-state index contributed by atoms with van der Waals surface area (Å²) in [6.45, 7) is 5.56. The van der Waals surface area contributed by atoms with Crippen molar-refractivity contribution in [2.24, 2.45) is 0 Å². The van der Waals surface area contributed by atoms with Crippen molar-refractivity contribution in [1.29, 1.82) is 0 Å². The monoisotopic (exact) mass is 393 g/mol. The molecule has 1 N–H and O–H groups in total. The second-order valence-electron chi connectivity index (χ2n) is 6.76. The number of fused-ring (bicyclic) bond motifs is 6. The van der Waals surface area contributed by atoms with Crippen LogP contribution in [0.2, 0.25) is 0 Å². The van der Waals surface area contributed by atoms with E-state index in [1.54, 1.807) is 0 Å². The number of hydrogen-bond acceptors (Lipinski definition) is 0. The molecule has 3 aromatic rings. The van der Waals surface area contributed by atoms with Gasteiger partial charge in [0, 0.05) is 11.0 Å². The first-order chi connectivity index (χ1) is 10.4. The van der Waals surface area contributed by atoms with Crippen LogP contribution in [0, 0.1) is 20.9 Å². The molecule has 0 aromatic heterocycles. The van der Waals surface area contributed by atoms with Crippen LogP contribution in [0.25, 0.3) is 33.4 Å². The molecule has 1 nitrogen and oxygen atoms in total. The average Bonchev–Trinajstić information content (AvgIpc) is 2.96. The minimum Gasteiger partial charge on any atom is -0.673 e. The van der Waals surface area contributed by atoms with Gasteiger partial charge in [-0.2, -0.15) is 5.56 Å². The van der Waals surface area contributed by atoms with Gasteiger partial charge >= 0.3 is 21.7 Å². The number of rotatable bonds is 0. The molecule has 0 saturated carbocycles. The maximum absolute atomic E-state index is 6.94. The van der Waals surface area contributed by atoms with Gasteiger partial charge in [0.15, 0.2) is 0 Å². The fourth-order valence-electron chi connectivity index (χ4n) is 2.85. The van der Waals surface area contributed by atoms with E-state index in [2.05, 4.69) is 60.7 Å². The molecule has 26 heavy (non-hydrogen) atoms. The Hall–Kier alpha value is -1.19. The third-order valence-electron chi connectivity index (χ3n) is 3.61. The van der Waals surface area contributed by atoms with Crippen LogP contribution >= 0.6 is 0 Å². The Kier molecular flexibility index (Phi) is 11.3. The molecular weight excluding hydrogens is 366 g/mol. The van der Waals surface area contributed by atoms with Crippen LogP contribution in [0.4, 0.5) is 0 Å². The summed E-state index contributed by atoms with van der Waals surface area (Å²) in [6.07, 6.45) is 6.44. The summed E-state index contributed by atoms with van der Waals surface area (Å²) in [7, 11) is 0. The molecule has 4 rings (SSSR count). The van der Waals surface area contributed by atoms with Crippen molar-refractivity contribution < 1.29 is 21.7 Å². The Morgan fingerprint density at radius 1 is 0.808 bits per heavy atom. The van der Waals surface area contributed by atoms with Gasteiger partial charge in [0.05, 0.1) is 0 Å². The summed E-state index contributed by atoms with van der Waals surface area (Å²) in [6, 6.07) is 17.3. The topological polar surface area (TPSA) is 23.8 Å². The molecule has 0 atom stereocenters. The van der Waals surface area contributed by atoms with Gasteiger partial charge in [0.1, 0.15) is 0 Å². The molecule has 3 heteroatoms. The minimum atomic E-state index is -0.250. The minimum absolute atomic E-state index is 0. The number of nitrogens with one attached hydrogen (secondary N) is 1. The van der Waals surface area contributed by atoms with Crippen LogP contribution in [-0.4, -0.2) is 16.5 Å². The summed E-state index contributed by atoms with van der Waals surface area (Å²) in [5.41, 5.74) is 9.48. The first-order valence-electron chi connectivity index (χ1n) is 7.69. The molecule has 0 unspecified atom stereocenters. The largest absolute Gasteiger partial charge is 4.00 e. The number of hydrogen-bond donors (Lipinski definition) is 0.